The summed E-state index contributed by atoms with van der Waals surface area (Å²) in [7, 11) is 0. The lowest BCUT2D eigenvalue weighted by Crippen LogP contribution is -2.51. The minimum atomic E-state index is 0.134. The molecule has 3 fully saturated rings. The molecule has 0 unspecified atom stereocenters. The third-order valence-electron chi connectivity index (χ3n) is 6.73. The van der Waals surface area contributed by atoms with Crippen molar-refractivity contribution in [3.8, 4) is 0 Å². The van der Waals surface area contributed by atoms with Crippen LogP contribution in [0.5, 0.6) is 0 Å². The van der Waals surface area contributed by atoms with E-state index in [0.717, 1.165) is 57.1 Å². The minimum absolute atomic E-state index is 0.134. The second kappa shape index (κ2) is 7.37. The van der Waals surface area contributed by atoms with E-state index in [2.05, 4.69) is 9.88 Å². The Bertz CT molecular complexity index is 648. The minimum Gasteiger partial charge on any atom is -0.342 e. The molecule has 1 aliphatic carbocycles. The van der Waals surface area contributed by atoms with Crippen molar-refractivity contribution in [3.63, 3.8) is 0 Å². The highest BCUT2D eigenvalue weighted by molar-refractivity contribution is 5.79. The van der Waals surface area contributed by atoms with Crippen molar-refractivity contribution in [2.75, 3.05) is 26.2 Å². The van der Waals surface area contributed by atoms with Crippen molar-refractivity contribution in [2.24, 2.45) is 11.3 Å². The zero-order chi connectivity index (χ0) is 18.0. The summed E-state index contributed by atoms with van der Waals surface area (Å²) in [5.74, 6) is 1.25. The Kier molecular flexibility index (Phi) is 4.96. The Balaban J connectivity index is 1.28. The van der Waals surface area contributed by atoms with E-state index in [0.29, 0.717) is 18.7 Å². The highest BCUT2D eigenvalue weighted by atomic mass is 16.2. The van der Waals surface area contributed by atoms with Crippen LogP contribution in [0.3, 0.4) is 0 Å². The Labute approximate surface area is 155 Å². The van der Waals surface area contributed by atoms with Crippen LogP contribution >= 0.6 is 0 Å². The highest BCUT2D eigenvalue weighted by Crippen LogP contribution is 2.42. The van der Waals surface area contributed by atoms with Crippen LogP contribution in [0, 0.1) is 11.3 Å². The molecule has 0 radical (unpaired) electrons. The molecule has 5 heteroatoms. The summed E-state index contributed by atoms with van der Waals surface area (Å²) in [5, 5.41) is 0. The summed E-state index contributed by atoms with van der Waals surface area (Å²) < 4.78 is 0. The van der Waals surface area contributed by atoms with Gasteiger partial charge in [-0.25, -0.2) is 0 Å². The van der Waals surface area contributed by atoms with E-state index in [1.54, 1.807) is 6.20 Å². The Morgan fingerprint density at radius 3 is 2.54 bits per heavy atom. The number of hydrogen-bond donors (Lipinski definition) is 0. The fourth-order valence-corrected chi connectivity index (χ4v) is 4.62. The fraction of sp³-hybridized carbons (Fsp3) is 0.667. The quantitative estimate of drug-likeness (QED) is 0.834. The van der Waals surface area contributed by atoms with Gasteiger partial charge < -0.3 is 9.80 Å². The zero-order valence-electron chi connectivity index (χ0n) is 15.5. The van der Waals surface area contributed by atoms with Crippen molar-refractivity contribution in [2.45, 2.75) is 51.4 Å². The van der Waals surface area contributed by atoms with Crippen LogP contribution in [-0.4, -0.2) is 52.8 Å². The first kappa shape index (κ1) is 17.5. The number of hydrogen-bond acceptors (Lipinski definition) is 3. The van der Waals surface area contributed by atoms with E-state index in [4.69, 9.17) is 0 Å². The first-order valence-corrected chi connectivity index (χ1v) is 10.1. The molecule has 5 nitrogen and oxygen atoms in total. The van der Waals surface area contributed by atoms with Gasteiger partial charge in [0.15, 0.2) is 0 Å². The van der Waals surface area contributed by atoms with E-state index in [9.17, 15) is 9.59 Å². The summed E-state index contributed by atoms with van der Waals surface area (Å²) in [6, 6.07) is 5.69. The van der Waals surface area contributed by atoms with Crippen molar-refractivity contribution in [1.82, 2.24) is 14.8 Å². The lowest BCUT2D eigenvalue weighted by molar-refractivity contribution is -0.142. The van der Waals surface area contributed by atoms with Gasteiger partial charge in [0, 0.05) is 44.5 Å². The summed E-state index contributed by atoms with van der Waals surface area (Å²) in [4.78, 5) is 33.5. The lowest BCUT2D eigenvalue weighted by atomic mass is 9.70. The molecule has 4 rings (SSSR count). The molecule has 0 bridgehead atoms. The molecule has 1 aromatic rings. The number of nitrogens with zero attached hydrogens (tertiary/aromatic N) is 3. The number of aromatic nitrogens is 1. The molecular formula is C21H29N3O2. The molecule has 2 saturated heterocycles. The molecule has 140 valence electrons. The monoisotopic (exact) mass is 355 g/mol. The largest absolute Gasteiger partial charge is 0.342 e. The van der Waals surface area contributed by atoms with Gasteiger partial charge in [0.1, 0.15) is 0 Å². The summed E-state index contributed by atoms with van der Waals surface area (Å²) in [5.41, 5.74) is 0.965. The first-order chi connectivity index (χ1) is 12.6. The summed E-state index contributed by atoms with van der Waals surface area (Å²) >= 11 is 0. The van der Waals surface area contributed by atoms with Gasteiger partial charge in [0.2, 0.25) is 11.8 Å². The van der Waals surface area contributed by atoms with Crippen LogP contribution in [0.15, 0.2) is 24.4 Å². The predicted molar refractivity (Wildman–Crippen MR) is 99.3 cm³/mol. The molecule has 2 aliphatic heterocycles. The number of pyridine rings is 1. The molecule has 0 N–H and O–H groups in total. The highest BCUT2D eigenvalue weighted by Gasteiger charge is 2.42. The third kappa shape index (κ3) is 3.76. The Morgan fingerprint density at radius 2 is 1.92 bits per heavy atom. The predicted octanol–water partition coefficient (Wildman–Crippen LogP) is 2.66. The van der Waals surface area contributed by atoms with E-state index < -0.39 is 0 Å². The van der Waals surface area contributed by atoms with Crippen molar-refractivity contribution in [1.29, 1.82) is 0 Å². The first-order valence-electron chi connectivity index (χ1n) is 10.1. The molecule has 2 amide bonds. The molecule has 1 aromatic heterocycles. The smallest absolute Gasteiger partial charge is 0.228 e. The zero-order valence-corrected chi connectivity index (χ0v) is 15.5. The number of rotatable bonds is 4. The molecule has 3 aliphatic rings. The molecule has 0 atom stereocenters. The van der Waals surface area contributed by atoms with Crippen molar-refractivity contribution in [3.05, 3.63) is 30.1 Å². The standard InChI is InChI=1S/C21H29N3O2/c25-19(14-18-6-1-2-10-22-18)23-11-7-21(8-12-23)9-13-24(20(26)15-21)16-17-4-3-5-17/h1-2,6,10,17H,3-5,7-9,11-16H2. The van der Waals surface area contributed by atoms with Gasteiger partial charge in [-0.1, -0.05) is 12.5 Å². The van der Waals surface area contributed by atoms with Crippen LogP contribution in [0.1, 0.15) is 50.6 Å². The molecule has 3 heterocycles. The number of likely N-dealkylation sites (tertiary alicyclic amines) is 2. The maximum absolute atomic E-state index is 12.6. The number of piperidine rings is 2. The van der Waals surface area contributed by atoms with E-state index in [1.165, 1.54) is 19.3 Å². The van der Waals surface area contributed by atoms with Crippen LogP contribution in [-0.2, 0) is 16.0 Å². The van der Waals surface area contributed by atoms with Crippen molar-refractivity contribution < 1.29 is 9.59 Å². The third-order valence-corrected chi connectivity index (χ3v) is 6.73. The normalized spacial score (nSPS) is 23.2. The molecule has 1 spiro atoms. The van der Waals surface area contributed by atoms with Crippen LogP contribution in [0.2, 0.25) is 0 Å². The lowest BCUT2D eigenvalue weighted by Gasteiger charge is -2.47. The average molecular weight is 355 g/mol. The second-order valence-corrected chi connectivity index (χ2v) is 8.44. The number of carbonyl (C=O) groups excluding carboxylic acids is 2. The topological polar surface area (TPSA) is 53.5 Å². The number of amides is 2. The molecule has 1 saturated carbocycles. The molecule has 26 heavy (non-hydrogen) atoms. The maximum atomic E-state index is 12.6. The van der Waals surface area contributed by atoms with E-state index >= 15 is 0 Å². The van der Waals surface area contributed by atoms with E-state index in [-0.39, 0.29) is 11.3 Å². The fourth-order valence-electron chi connectivity index (χ4n) is 4.62. The van der Waals surface area contributed by atoms with Gasteiger partial charge >= 0.3 is 0 Å². The van der Waals surface area contributed by atoms with Gasteiger partial charge in [-0.2, -0.15) is 0 Å². The van der Waals surface area contributed by atoms with Gasteiger partial charge in [-0.05, 0) is 55.6 Å². The van der Waals surface area contributed by atoms with Gasteiger partial charge in [-0.15, -0.1) is 0 Å². The summed E-state index contributed by atoms with van der Waals surface area (Å²) in [6.45, 7) is 3.45. The SMILES string of the molecule is O=C(Cc1ccccn1)N1CCC2(CC1)CCN(CC1CCC1)C(=O)C2. The van der Waals surface area contributed by atoms with Gasteiger partial charge in [0.05, 0.1) is 6.42 Å². The molecular weight excluding hydrogens is 326 g/mol. The maximum Gasteiger partial charge on any atom is 0.228 e. The average Bonchev–Trinajstić information content (AvgIpc) is 2.61. The Morgan fingerprint density at radius 1 is 1.15 bits per heavy atom. The van der Waals surface area contributed by atoms with Gasteiger partial charge in [0.25, 0.3) is 0 Å². The van der Waals surface area contributed by atoms with Gasteiger partial charge in [-0.3, -0.25) is 14.6 Å². The summed E-state index contributed by atoms with van der Waals surface area (Å²) in [6.07, 6.45) is 9.74. The second-order valence-electron chi connectivity index (χ2n) is 8.44. The molecule has 0 aromatic carbocycles. The van der Waals surface area contributed by atoms with Crippen molar-refractivity contribution >= 4 is 11.8 Å². The van der Waals surface area contributed by atoms with Crippen LogP contribution in [0.25, 0.3) is 0 Å². The van der Waals surface area contributed by atoms with E-state index in [1.807, 2.05) is 23.1 Å². The van der Waals surface area contributed by atoms with Crippen LogP contribution in [0.4, 0.5) is 0 Å². The Hall–Kier alpha value is -1.91. The number of carbonyl (C=O) groups is 2. The van der Waals surface area contributed by atoms with Crippen LogP contribution < -0.4 is 0 Å².